The molecular weight excluding hydrogens is 258 g/mol. The maximum atomic E-state index is 5.41. The summed E-state index contributed by atoms with van der Waals surface area (Å²) in [5.41, 5.74) is 0.989. The Balaban J connectivity index is 2.22. The van der Waals surface area contributed by atoms with Crippen LogP contribution < -0.4 is 14.8 Å². The largest absolute Gasteiger partial charge is 0.497 e. The monoisotopic (exact) mass is 277 g/mol. The van der Waals surface area contributed by atoms with Gasteiger partial charge in [-0.25, -0.2) is 0 Å². The summed E-state index contributed by atoms with van der Waals surface area (Å²) >= 11 is 1.77. The van der Waals surface area contributed by atoms with Gasteiger partial charge < -0.3 is 14.8 Å². The highest BCUT2D eigenvalue weighted by Crippen LogP contribution is 2.33. The van der Waals surface area contributed by atoms with Crippen LogP contribution in [-0.2, 0) is 0 Å². The molecule has 1 unspecified atom stereocenters. The van der Waals surface area contributed by atoms with Crippen LogP contribution in [0, 0.1) is 0 Å². The van der Waals surface area contributed by atoms with Crippen LogP contribution in [0.1, 0.15) is 24.3 Å². The summed E-state index contributed by atoms with van der Waals surface area (Å²) in [6, 6.07) is 10.4. The lowest BCUT2D eigenvalue weighted by Gasteiger charge is -2.19. The highest BCUT2D eigenvalue weighted by atomic mass is 32.1. The molecule has 2 rings (SSSR count). The van der Waals surface area contributed by atoms with E-state index in [4.69, 9.17) is 9.47 Å². The highest BCUT2D eigenvalue weighted by molar-refractivity contribution is 7.10. The maximum absolute atomic E-state index is 5.41. The molecule has 0 saturated carbocycles. The Morgan fingerprint density at radius 2 is 2.05 bits per heavy atom. The molecule has 2 aromatic rings. The Morgan fingerprint density at radius 1 is 1.21 bits per heavy atom. The average Bonchev–Trinajstić information content (AvgIpc) is 2.98. The third kappa shape index (κ3) is 3.20. The van der Waals surface area contributed by atoms with Crippen molar-refractivity contribution in [2.75, 3.05) is 19.5 Å². The van der Waals surface area contributed by atoms with Gasteiger partial charge in [-0.15, -0.1) is 11.3 Å². The molecule has 0 aliphatic heterocycles. The Kier molecular flexibility index (Phi) is 4.68. The molecule has 102 valence electrons. The van der Waals surface area contributed by atoms with Crippen LogP contribution in [0.15, 0.2) is 35.7 Å². The number of methoxy groups -OCH3 is 2. The summed E-state index contributed by atoms with van der Waals surface area (Å²) < 4.78 is 10.6. The second kappa shape index (κ2) is 6.48. The summed E-state index contributed by atoms with van der Waals surface area (Å²) in [4.78, 5) is 1.33. The number of benzene rings is 1. The average molecular weight is 277 g/mol. The number of nitrogens with one attached hydrogen (secondary N) is 1. The quantitative estimate of drug-likeness (QED) is 0.852. The van der Waals surface area contributed by atoms with Crippen LogP contribution in [0.25, 0.3) is 0 Å². The van der Waals surface area contributed by atoms with E-state index in [1.165, 1.54) is 4.88 Å². The lowest BCUT2D eigenvalue weighted by atomic mass is 10.1. The van der Waals surface area contributed by atoms with Crippen LogP contribution in [0.3, 0.4) is 0 Å². The predicted molar refractivity (Wildman–Crippen MR) is 80.5 cm³/mol. The molecule has 0 saturated heterocycles. The van der Waals surface area contributed by atoms with Crippen molar-refractivity contribution < 1.29 is 9.47 Å². The van der Waals surface area contributed by atoms with Gasteiger partial charge in [-0.1, -0.05) is 13.0 Å². The molecule has 0 aliphatic carbocycles. The number of hydrogen-bond acceptors (Lipinski definition) is 4. The molecule has 0 radical (unpaired) electrons. The third-order valence-corrected chi connectivity index (χ3v) is 4.02. The molecule has 1 aromatic carbocycles. The van der Waals surface area contributed by atoms with Crippen LogP contribution >= 0.6 is 11.3 Å². The van der Waals surface area contributed by atoms with Crippen molar-refractivity contribution in [3.8, 4) is 11.5 Å². The van der Waals surface area contributed by atoms with E-state index in [0.717, 1.165) is 23.6 Å². The van der Waals surface area contributed by atoms with Gasteiger partial charge in [0.25, 0.3) is 0 Å². The lowest BCUT2D eigenvalue weighted by molar-refractivity contribution is 0.395. The van der Waals surface area contributed by atoms with Gasteiger partial charge in [-0.2, -0.15) is 0 Å². The fourth-order valence-electron chi connectivity index (χ4n) is 1.97. The van der Waals surface area contributed by atoms with Crippen molar-refractivity contribution >= 4 is 17.0 Å². The summed E-state index contributed by atoms with van der Waals surface area (Å²) in [6.45, 7) is 2.17. The molecule has 1 N–H and O–H groups in total. The molecular formula is C15H19NO2S. The predicted octanol–water partition coefficient (Wildman–Crippen LogP) is 4.33. The molecule has 1 atom stereocenters. The summed E-state index contributed by atoms with van der Waals surface area (Å²) in [5, 5.41) is 5.63. The molecule has 4 heteroatoms. The van der Waals surface area contributed by atoms with E-state index in [1.54, 1.807) is 25.6 Å². The van der Waals surface area contributed by atoms with Crippen molar-refractivity contribution in [3.05, 3.63) is 40.6 Å². The first kappa shape index (κ1) is 13.7. The van der Waals surface area contributed by atoms with Gasteiger partial charge in [-0.3, -0.25) is 0 Å². The van der Waals surface area contributed by atoms with E-state index >= 15 is 0 Å². The van der Waals surface area contributed by atoms with Crippen molar-refractivity contribution in [1.29, 1.82) is 0 Å². The maximum Gasteiger partial charge on any atom is 0.145 e. The molecule has 0 bridgehead atoms. The molecule has 1 aromatic heterocycles. The van der Waals surface area contributed by atoms with Crippen LogP contribution in [0.2, 0.25) is 0 Å². The molecule has 0 fully saturated rings. The number of ether oxygens (including phenoxy) is 2. The first-order valence-corrected chi connectivity index (χ1v) is 7.18. The summed E-state index contributed by atoms with van der Waals surface area (Å²) in [6.07, 6.45) is 1.02. The molecule has 3 nitrogen and oxygen atoms in total. The lowest BCUT2D eigenvalue weighted by Crippen LogP contribution is -2.09. The van der Waals surface area contributed by atoms with Gasteiger partial charge in [0.1, 0.15) is 11.5 Å². The molecule has 0 amide bonds. The van der Waals surface area contributed by atoms with E-state index in [1.807, 2.05) is 18.2 Å². The second-order valence-corrected chi connectivity index (χ2v) is 5.17. The van der Waals surface area contributed by atoms with Crippen LogP contribution in [0.5, 0.6) is 11.5 Å². The summed E-state index contributed by atoms with van der Waals surface area (Å²) in [7, 11) is 3.33. The zero-order chi connectivity index (χ0) is 13.7. The number of thiophene rings is 1. The Hall–Kier alpha value is -1.68. The number of rotatable bonds is 6. The van der Waals surface area contributed by atoms with E-state index in [9.17, 15) is 0 Å². The van der Waals surface area contributed by atoms with Crippen molar-refractivity contribution in [2.24, 2.45) is 0 Å². The zero-order valence-electron chi connectivity index (χ0n) is 11.5. The molecule has 0 aliphatic rings. The van der Waals surface area contributed by atoms with Crippen LogP contribution in [-0.4, -0.2) is 14.2 Å². The minimum atomic E-state index is 0.308. The normalized spacial score (nSPS) is 11.9. The van der Waals surface area contributed by atoms with Crippen molar-refractivity contribution in [3.63, 3.8) is 0 Å². The minimum absolute atomic E-state index is 0.308. The standard InChI is InChI=1S/C15H19NO2S/c1-4-12(15-6-5-9-19-15)16-13-8-7-11(17-2)10-14(13)18-3/h5-10,12,16H,4H2,1-3H3. The smallest absolute Gasteiger partial charge is 0.145 e. The second-order valence-electron chi connectivity index (χ2n) is 4.19. The van der Waals surface area contributed by atoms with Gasteiger partial charge in [0.15, 0.2) is 0 Å². The van der Waals surface area contributed by atoms with E-state index in [-0.39, 0.29) is 0 Å². The van der Waals surface area contributed by atoms with Gasteiger partial charge in [0.05, 0.1) is 25.9 Å². The highest BCUT2D eigenvalue weighted by Gasteiger charge is 2.13. The fourth-order valence-corrected chi connectivity index (χ4v) is 2.83. The van der Waals surface area contributed by atoms with Crippen LogP contribution in [0.4, 0.5) is 5.69 Å². The first-order valence-electron chi connectivity index (χ1n) is 6.30. The van der Waals surface area contributed by atoms with Crippen molar-refractivity contribution in [2.45, 2.75) is 19.4 Å². The number of hydrogen-bond donors (Lipinski definition) is 1. The van der Waals surface area contributed by atoms with Gasteiger partial charge in [0.2, 0.25) is 0 Å². The van der Waals surface area contributed by atoms with Gasteiger partial charge in [-0.05, 0) is 30.0 Å². The van der Waals surface area contributed by atoms with Gasteiger partial charge >= 0.3 is 0 Å². The minimum Gasteiger partial charge on any atom is -0.497 e. The Labute approximate surface area is 118 Å². The van der Waals surface area contributed by atoms with Crippen molar-refractivity contribution in [1.82, 2.24) is 0 Å². The zero-order valence-corrected chi connectivity index (χ0v) is 12.3. The fraction of sp³-hybridized carbons (Fsp3) is 0.333. The SMILES string of the molecule is CCC(Nc1ccc(OC)cc1OC)c1cccs1. The molecule has 0 spiro atoms. The van der Waals surface area contributed by atoms with E-state index < -0.39 is 0 Å². The molecule has 1 heterocycles. The van der Waals surface area contributed by atoms with E-state index in [0.29, 0.717) is 6.04 Å². The Bertz CT molecular complexity index is 511. The topological polar surface area (TPSA) is 30.5 Å². The summed E-state index contributed by atoms with van der Waals surface area (Å²) in [5.74, 6) is 1.60. The third-order valence-electron chi connectivity index (χ3n) is 3.03. The Morgan fingerprint density at radius 3 is 2.63 bits per heavy atom. The van der Waals surface area contributed by atoms with Gasteiger partial charge in [0, 0.05) is 10.9 Å². The van der Waals surface area contributed by atoms with E-state index in [2.05, 4.69) is 29.8 Å². The molecule has 19 heavy (non-hydrogen) atoms. The first-order chi connectivity index (χ1) is 9.28. The number of anilines is 1.